The quantitative estimate of drug-likeness (QED) is 0.194. The highest BCUT2D eigenvalue weighted by Crippen LogP contribution is 2.39. The van der Waals surface area contributed by atoms with Crippen LogP contribution in [-0.2, 0) is 11.0 Å². The SMILES string of the molecule is CSc1nc(NC(CC(C)C)C(=O)O)c([N+](=O)[O-])c(Oc2cc(C(=O)N(C)C)cc(C(F)(F)F)c2)n1. The number of carbonyl (C=O) groups excluding carboxylic acids is 1. The van der Waals surface area contributed by atoms with Gasteiger partial charge in [0.15, 0.2) is 5.16 Å². The number of anilines is 1. The fraction of sp³-hybridized carbons (Fsp3) is 0.429. The van der Waals surface area contributed by atoms with E-state index in [9.17, 15) is 38.0 Å². The lowest BCUT2D eigenvalue weighted by atomic mass is 10.0. The number of nitrogens with zero attached hydrogens (tertiary/aromatic N) is 4. The van der Waals surface area contributed by atoms with Crippen molar-refractivity contribution in [2.75, 3.05) is 25.7 Å². The summed E-state index contributed by atoms with van der Waals surface area (Å²) in [5.74, 6) is -3.86. The summed E-state index contributed by atoms with van der Waals surface area (Å²) in [5, 5.41) is 23.9. The molecule has 36 heavy (non-hydrogen) atoms. The predicted molar refractivity (Wildman–Crippen MR) is 125 cm³/mol. The number of amides is 1. The van der Waals surface area contributed by atoms with Crippen LogP contribution in [0.4, 0.5) is 24.7 Å². The van der Waals surface area contributed by atoms with Gasteiger partial charge in [-0.05, 0) is 36.8 Å². The van der Waals surface area contributed by atoms with Crippen LogP contribution in [0.1, 0.15) is 36.2 Å². The smallest absolute Gasteiger partial charge is 0.416 e. The van der Waals surface area contributed by atoms with Gasteiger partial charge in [-0.2, -0.15) is 23.1 Å². The second-order valence-corrected chi connectivity index (χ2v) is 8.95. The number of carboxylic acid groups (broad SMARTS) is 1. The Balaban J connectivity index is 2.68. The van der Waals surface area contributed by atoms with Gasteiger partial charge in [-0.1, -0.05) is 25.6 Å². The van der Waals surface area contributed by atoms with E-state index in [1.54, 1.807) is 13.8 Å². The van der Waals surface area contributed by atoms with Crippen LogP contribution in [-0.4, -0.2) is 63.2 Å². The molecule has 0 bridgehead atoms. The summed E-state index contributed by atoms with van der Waals surface area (Å²) in [6, 6.07) is 0.948. The minimum Gasteiger partial charge on any atom is -0.480 e. The molecule has 1 unspecified atom stereocenters. The summed E-state index contributed by atoms with van der Waals surface area (Å²) in [4.78, 5) is 43.9. The molecule has 0 saturated carbocycles. The van der Waals surface area contributed by atoms with Crippen LogP contribution in [0.3, 0.4) is 0 Å². The second kappa shape index (κ2) is 11.4. The molecule has 0 aliphatic rings. The number of nitro groups is 1. The first kappa shape index (κ1) is 28.6. The Hall–Kier alpha value is -3.62. The third kappa shape index (κ3) is 7.19. The minimum atomic E-state index is -4.85. The average Bonchev–Trinajstić information content (AvgIpc) is 2.76. The molecule has 1 aromatic heterocycles. The Morgan fingerprint density at radius 3 is 2.36 bits per heavy atom. The van der Waals surface area contributed by atoms with Gasteiger partial charge in [0.05, 0.1) is 10.5 Å². The van der Waals surface area contributed by atoms with E-state index in [2.05, 4.69) is 15.3 Å². The van der Waals surface area contributed by atoms with Gasteiger partial charge in [0.1, 0.15) is 11.8 Å². The Labute approximate surface area is 208 Å². The summed E-state index contributed by atoms with van der Waals surface area (Å²) in [5.41, 5.74) is -2.46. The number of hydrogen-bond donors (Lipinski definition) is 2. The molecule has 1 amide bonds. The lowest BCUT2D eigenvalue weighted by Gasteiger charge is -2.18. The molecule has 2 rings (SSSR count). The highest BCUT2D eigenvalue weighted by Gasteiger charge is 2.34. The largest absolute Gasteiger partial charge is 0.480 e. The van der Waals surface area contributed by atoms with Gasteiger partial charge in [0.25, 0.3) is 5.91 Å². The third-order valence-electron chi connectivity index (χ3n) is 4.61. The monoisotopic (exact) mass is 531 g/mol. The van der Waals surface area contributed by atoms with Crippen molar-refractivity contribution in [1.29, 1.82) is 0 Å². The van der Waals surface area contributed by atoms with E-state index in [1.165, 1.54) is 20.4 Å². The first-order valence-corrected chi connectivity index (χ1v) is 11.6. The highest BCUT2D eigenvalue weighted by molar-refractivity contribution is 7.98. The number of nitrogens with one attached hydrogen (secondary N) is 1. The molecule has 0 aliphatic carbocycles. The number of rotatable bonds is 10. The third-order valence-corrected chi connectivity index (χ3v) is 5.16. The molecule has 0 spiro atoms. The number of ether oxygens (including phenoxy) is 1. The maximum Gasteiger partial charge on any atom is 0.416 e. The van der Waals surface area contributed by atoms with Gasteiger partial charge in [0.2, 0.25) is 5.82 Å². The van der Waals surface area contributed by atoms with Crippen LogP contribution < -0.4 is 10.1 Å². The molecular weight excluding hydrogens is 507 g/mol. The number of aliphatic carboxylic acids is 1. The van der Waals surface area contributed by atoms with Gasteiger partial charge < -0.3 is 20.1 Å². The molecule has 15 heteroatoms. The number of hydrogen-bond acceptors (Lipinski definition) is 9. The molecule has 1 atom stereocenters. The summed E-state index contributed by atoms with van der Waals surface area (Å²) in [6.45, 7) is 3.52. The van der Waals surface area contributed by atoms with E-state index < -0.39 is 57.7 Å². The van der Waals surface area contributed by atoms with E-state index in [0.717, 1.165) is 22.7 Å². The molecule has 196 valence electrons. The van der Waals surface area contributed by atoms with Gasteiger partial charge in [-0.15, -0.1) is 0 Å². The van der Waals surface area contributed by atoms with E-state index in [4.69, 9.17) is 4.74 Å². The predicted octanol–water partition coefficient (Wildman–Crippen LogP) is 4.53. The fourth-order valence-electron chi connectivity index (χ4n) is 3.02. The zero-order valence-electron chi connectivity index (χ0n) is 19.9. The van der Waals surface area contributed by atoms with Gasteiger partial charge >= 0.3 is 23.7 Å². The Morgan fingerprint density at radius 1 is 1.25 bits per heavy atom. The topological polar surface area (TPSA) is 148 Å². The number of carboxylic acids is 1. The molecule has 2 N–H and O–H groups in total. The average molecular weight is 532 g/mol. The molecule has 11 nitrogen and oxygen atoms in total. The van der Waals surface area contributed by atoms with Crippen molar-refractivity contribution >= 4 is 35.1 Å². The van der Waals surface area contributed by atoms with E-state index in [1.807, 2.05) is 0 Å². The Bertz CT molecular complexity index is 1160. The number of halogens is 3. The zero-order valence-corrected chi connectivity index (χ0v) is 20.7. The molecule has 1 aromatic carbocycles. The zero-order chi connectivity index (χ0) is 27.4. The van der Waals surface area contributed by atoms with Crippen LogP contribution in [0.15, 0.2) is 23.4 Å². The fourth-order valence-corrected chi connectivity index (χ4v) is 3.37. The number of aromatic nitrogens is 2. The van der Waals surface area contributed by atoms with Crippen LogP contribution in [0.25, 0.3) is 0 Å². The lowest BCUT2D eigenvalue weighted by molar-refractivity contribution is -0.385. The minimum absolute atomic E-state index is 0.0663. The van der Waals surface area contributed by atoms with Gasteiger partial charge in [-0.3, -0.25) is 14.9 Å². The Kier molecular flexibility index (Phi) is 9.07. The normalized spacial score (nSPS) is 12.2. The van der Waals surface area contributed by atoms with Gasteiger partial charge in [-0.25, -0.2) is 4.79 Å². The first-order chi connectivity index (χ1) is 16.6. The summed E-state index contributed by atoms with van der Waals surface area (Å²) in [7, 11) is 2.69. The van der Waals surface area contributed by atoms with Crippen molar-refractivity contribution in [1.82, 2.24) is 14.9 Å². The number of carbonyl (C=O) groups is 2. The molecular formula is C21H24F3N5O6S. The summed E-state index contributed by atoms with van der Waals surface area (Å²) < 4.78 is 45.9. The summed E-state index contributed by atoms with van der Waals surface area (Å²) >= 11 is 0.944. The maximum absolute atomic E-state index is 13.5. The van der Waals surface area contributed by atoms with Crippen LogP contribution in [0, 0.1) is 16.0 Å². The molecule has 0 aliphatic heterocycles. The summed E-state index contributed by atoms with van der Waals surface area (Å²) in [6.07, 6.45) is -3.21. The van der Waals surface area contributed by atoms with Crippen molar-refractivity contribution in [3.63, 3.8) is 0 Å². The van der Waals surface area contributed by atoms with E-state index in [-0.39, 0.29) is 23.1 Å². The number of alkyl halides is 3. The molecule has 0 saturated heterocycles. The van der Waals surface area contributed by atoms with Crippen molar-refractivity contribution in [2.24, 2.45) is 5.92 Å². The Morgan fingerprint density at radius 2 is 1.89 bits per heavy atom. The molecule has 0 fully saturated rings. The molecule has 2 aromatic rings. The van der Waals surface area contributed by atoms with Crippen molar-refractivity contribution < 1.29 is 37.5 Å². The molecule has 1 heterocycles. The standard InChI is InChI=1S/C21H24F3N5O6S/c1-10(2)6-14(19(31)32)25-16-15(29(33)34)17(27-20(26-16)36-5)35-13-8-11(18(30)28(3)4)7-12(9-13)21(22,23)24/h7-10,14H,6H2,1-5H3,(H,31,32)(H,25,26,27). The maximum atomic E-state index is 13.5. The van der Waals surface area contributed by atoms with Crippen LogP contribution >= 0.6 is 11.8 Å². The van der Waals surface area contributed by atoms with E-state index >= 15 is 0 Å². The van der Waals surface area contributed by atoms with Crippen LogP contribution in [0.2, 0.25) is 0 Å². The van der Waals surface area contributed by atoms with Crippen molar-refractivity contribution in [3.8, 4) is 11.6 Å². The van der Waals surface area contributed by atoms with Crippen LogP contribution in [0.5, 0.6) is 11.6 Å². The van der Waals surface area contributed by atoms with Crippen molar-refractivity contribution in [3.05, 3.63) is 39.4 Å². The molecule has 0 radical (unpaired) electrons. The second-order valence-electron chi connectivity index (χ2n) is 8.18. The number of thioether (sulfide) groups is 1. The van der Waals surface area contributed by atoms with Gasteiger partial charge in [0, 0.05) is 19.7 Å². The van der Waals surface area contributed by atoms with E-state index in [0.29, 0.717) is 12.1 Å². The van der Waals surface area contributed by atoms with Crippen molar-refractivity contribution in [2.45, 2.75) is 37.6 Å². The lowest BCUT2D eigenvalue weighted by Crippen LogP contribution is -2.31. The highest BCUT2D eigenvalue weighted by atomic mass is 32.2. The number of benzene rings is 1. The first-order valence-electron chi connectivity index (χ1n) is 10.4.